The number of para-hydroxylation sites is 2. The SMILES string of the molecule is O=C(C1CCCO1)N1CCN(c2nc3ccccc3[nH]2)CC1. The van der Waals surface area contributed by atoms with Crippen molar-refractivity contribution in [2.24, 2.45) is 0 Å². The highest BCUT2D eigenvalue weighted by Crippen LogP contribution is 2.20. The van der Waals surface area contributed by atoms with Crippen LogP contribution in [-0.4, -0.2) is 59.7 Å². The van der Waals surface area contributed by atoms with Crippen molar-refractivity contribution in [2.75, 3.05) is 37.7 Å². The second-order valence-corrected chi connectivity index (χ2v) is 5.89. The molecule has 6 heteroatoms. The smallest absolute Gasteiger partial charge is 0.251 e. The van der Waals surface area contributed by atoms with Gasteiger partial charge >= 0.3 is 0 Å². The van der Waals surface area contributed by atoms with E-state index in [1.54, 1.807) is 0 Å². The van der Waals surface area contributed by atoms with E-state index in [2.05, 4.69) is 14.9 Å². The minimum Gasteiger partial charge on any atom is -0.368 e. The second kappa shape index (κ2) is 5.61. The average molecular weight is 300 g/mol. The minimum absolute atomic E-state index is 0.154. The zero-order valence-corrected chi connectivity index (χ0v) is 12.5. The van der Waals surface area contributed by atoms with Crippen molar-refractivity contribution in [3.63, 3.8) is 0 Å². The Morgan fingerprint density at radius 3 is 2.77 bits per heavy atom. The van der Waals surface area contributed by atoms with E-state index < -0.39 is 0 Å². The van der Waals surface area contributed by atoms with E-state index in [4.69, 9.17) is 4.74 Å². The number of nitrogens with zero attached hydrogens (tertiary/aromatic N) is 3. The van der Waals surface area contributed by atoms with Gasteiger partial charge in [-0.15, -0.1) is 0 Å². The maximum atomic E-state index is 12.3. The third-order valence-corrected chi connectivity index (χ3v) is 4.47. The molecule has 2 aliphatic rings. The molecule has 2 saturated heterocycles. The van der Waals surface area contributed by atoms with Crippen LogP contribution in [0.25, 0.3) is 11.0 Å². The summed E-state index contributed by atoms with van der Waals surface area (Å²) >= 11 is 0. The predicted octanol–water partition coefficient (Wildman–Crippen LogP) is 1.39. The number of benzene rings is 1. The van der Waals surface area contributed by atoms with Gasteiger partial charge in [-0.3, -0.25) is 4.79 Å². The monoisotopic (exact) mass is 300 g/mol. The van der Waals surface area contributed by atoms with E-state index in [-0.39, 0.29) is 12.0 Å². The molecule has 4 rings (SSSR count). The molecule has 3 heterocycles. The van der Waals surface area contributed by atoms with E-state index in [0.717, 1.165) is 62.6 Å². The lowest BCUT2D eigenvalue weighted by Gasteiger charge is -2.35. The number of fused-ring (bicyclic) bond motifs is 1. The highest BCUT2D eigenvalue weighted by atomic mass is 16.5. The van der Waals surface area contributed by atoms with Crippen LogP contribution in [0.2, 0.25) is 0 Å². The Hall–Kier alpha value is -2.08. The molecule has 1 aromatic carbocycles. The molecule has 6 nitrogen and oxygen atoms in total. The van der Waals surface area contributed by atoms with Crippen LogP contribution < -0.4 is 4.90 Å². The highest BCUT2D eigenvalue weighted by Gasteiger charge is 2.30. The summed E-state index contributed by atoms with van der Waals surface area (Å²) in [7, 11) is 0. The van der Waals surface area contributed by atoms with Crippen LogP contribution in [0.4, 0.5) is 5.95 Å². The van der Waals surface area contributed by atoms with Crippen molar-refractivity contribution in [3.8, 4) is 0 Å². The first kappa shape index (κ1) is 13.6. The first-order chi connectivity index (χ1) is 10.8. The van der Waals surface area contributed by atoms with Crippen LogP contribution in [0.5, 0.6) is 0 Å². The number of ether oxygens (including phenoxy) is 1. The number of imidazole rings is 1. The molecule has 2 fully saturated rings. The summed E-state index contributed by atoms with van der Waals surface area (Å²) in [5.41, 5.74) is 2.03. The number of amides is 1. The first-order valence-corrected chi connectivity index (χ1v) is 7.91. The molecule has 0 spiro atoms. The van der Waals surface area contributed by atoms with Crippen molar-refractivity contribution in [2.45, 2.75) is 18.9 Å². The number of aromatic amines is 1. The van der Waals surface area contributed by atoms with Gasteiger partial charge in [-0.1, -0.05) is 12.1 Å². The highest BCUT2D eigenvalue weighted by molar-refractivity contribution is 5.81. The minimum atomic E-state index is -0.210. The topological polar surface area (TPSA) is 61.5 Å². The zero-order valence-electron chi connectivity index (χ0n) is 12.5. The Balaban J connectivity index is 1.41. The molecule has 1 aromatic heterocycles. The number of carbonyl (C=O) groups excluding carboxylic acids is 1. The second-order valence-electron chi connectivity index (χ2n) is 5.89. The summed E-state index contributed by atoms with van der Waals surface area (Å²) in [6.07, 6.45) is 1.65. The Bertz CT molecular complexity index is 637. The lowest BCUT2D eigenvalue weighted by atomic mass is 10.2. The number of aromatic nitrogens is 2. The van der Waals surface area contributed by atoms with E-state index >= 15 is 0 Å². The fourth-order valence-electron chi connectivity index (χ4n) is 3.20. The number of rotatable bonds is 2. The van der Waals surface area contributed by atoms with Gasteiger partial charge in [-0.05, 0) is 25.0 Å². The van der Waals surface area contributed by atoms with Crippen LogP contribution >= 0.6 is 0 Å². The van der Waals surface area contributed by atoms with Crippen LogP contribution in [0.3, 0.4) is 0 Å². The summed E-state index contributed by atoms with van der Waals surface area (Å²) in [5, 5.41) is 0. The lowest BCUT2D eigenvalue weighted by Crippen LogP contribution is -2.51. The summed E-state index contributed by atoms with van der Waals surface area (Å²) in [4.78, 5) is 24.5. The van der Waals surface area contributed by atoms with Crippen molar-refractivity contribution < 1.29 is 9.53 Å². The molecule has 1 N–H and O–H groups in total. The number of nitrogens with one attached hydrogen (secondary N) is 1. The van der Waals surface area contributed by atoms with Crippen molar-refractivity contribution in [3.05, 3.63) is 24.3 Å². The maximum absolute atomic E-state index is 12.3. The van der Waals surface area contributed by atoms with Gasteiger partial charge in [0.05, 0.1) is 11.0 Å². The van der Waals surface area contributed by atoms with Crippen LogP contribution in [0.1, 0.15) is 12.8 Å². The first-order valence-electron chi connectivity index (χ1n) is 7.91. The van der Waals surface area contributed by atoms with Gasteiger partial charge in [-0.2, -0.15) is 0 Å². The van der Waals surface area contributed by atoms with Gasteiger partial charge in [0.15, 0.2) is 0 Å². The number of hydrogen-bond acceptors (Lipinski definition) is 4. The van der Waals surface area contributed by atoms with E-state index in [1.165, 1.54) is 0 Å². The third kappa shape index (κ3) is 2.43. The van der Waals surface area contributed by atoms with Crippen LogP contribution in [0.15, 0.2) is 24.3 Å². The van der Waals surface area contributed by atoms with Crippen molar-refractivity contribution in [1.82, 2.24) is 14.9 Å². The quantitative estimate of drug-likeness (QED) is 0.910. The Kier molecular flexibility index (Phi) is 3.46. The van der Waals surface area contributed by atoms with Crippen molar-refractivity contribution >= 4 is 22.9 Å². The third-order valence-electron chi connectivity index (χ3n) is 4.47. The fraction of sp³-hybridized carbons (Fsp3) is 0.500. The predicted molar refractivity (Wildman–Crippen MR) is 83.9 cm³/mol. The Morgan fingerprint density at radius 2 is 2.05 bits per heavy atom. The molecule has 1 amide bonds. The standard InChI is InChI=1S/C16H20N4O2/c21-15(14-6-3-11-22-14)19-7-9-20(10-8-19)16-17-12-4-1-2-5-13(12)18-16/h1-2,4-5,14H,3,6-11H2,(H,17,18). The molecule has 2 aliphatic heterocycles. The molecule has 2 aromatic rings. The largest absolute Gasteiger partial charge is 0.368 e. The molecule has 22 heavy (non-hydrogen) atoms. The molecular weight excluding hydrogens is 280 g/mol. The number of H-pyrrole nitrogens is 1. The molecule has 0 aliphatic carbocycles. The van der Waals surface area contributed by atoms with Gasteiger partial charge in [0.2, 0.25) is 5.95 Å². The van der Waals surface area contributed by atoms with E-state index in [0.29, 0.717) is 0 Å². The summed E-state index contributed by atoms with van der Waals surface area (Å²) < 4.78 is 5.50. The number of piperazine rings is 1. The molecule has 0 radical (unpaired) electrons. The number of anilines is 1. The zero-order chi connectivity index (χ0) is 14.9. The Morgan fingerprint density at radius 1 is 1.23 bits per heavy atom. The average Bonchev–Trinajstić information content (AvgIpc) is 3.23. The van der Waals surface area contributed by atoms with Gasteiger partial charge in [0.25, 0.3) is 5.91 Å². The maximum Gasteiger partial charge on any atom is 0.251 e. The Labute approximate surface area is 129 Å². The van der Waals surface area contributed by atoms with Gasteiger partial charge in [-0.25, -0.2) is 4.98 Å². The molecule has 1 atom stereocenters. The van der Waals surface area contributed by atoms with E-state index in [9.17, 15) is 4.79 Å². The van der Waals surface area contributed by atoms with Crippen molar-refractivity contribution in [1.29, 1.82) is 0 Å². The van der Waals surface area contributed by atoms with Gasteiger partial charge in [0, 0.05) is 32.8 Å². The number of carbonyl (C=O) groups is 1. The summed E-state index contributed by atoms with van der Waals surface area (Å²) in [6, 6.07) is 8.03. The normalized spacial score (nSPS) is 22.5. The molecular formula is C16H20N4O2. The molecule has 0 bridgehead atoms. The molecule has 0 saturated carbocycles. The molecule has 1 unspecified atom stereocenters. The summed E-state index contributed by atoms with van der Waals surface area (Å²) in [6.45, 7) is 3.79. The van der Waals surface area contributed by atoms with Crippen LogP contribution in [0, 0.1) is 0 Å². The fourth-order valence-corrected chi connectivity index (χ4v) is 3.20. The van der Waals surface area contributed by atoms with Gasteiger partial charge < -0.3 is 19.5 Å². The lowest BCUT2D eigenvalue weighted by molar-refractivity contribution is -0.141. The number of hydrogen-bond donors (Lipinski definition) is 1. The van der Waals surface area contributed by atoms with Crippen LogP contribution in [-0.2, 0) is 9.53 Å². The molecule has 116 valence electrons. The summed E-state index contributed by atoms with van der Waals surface area (Å²) in [5.74, 6) is 1.05. The van der Waals surface area contributed by atoms with Gasteiger partial charge in [0.1, 0.15) is 6.10 Å². The van der Waals surface area contributed by atoms with E-state index in [1.807, 2.05) is 29.2 Å².